The molecule has 18 heavy (non-hydrogen) atoms. The summed E-state index contributed by atoms with van der Waals surface area (Å²) in [6, 6.07) is 4.92. The third-order valence-electron chi connectivity index (χ3n) is 2.10. The third kappa shape index (κ3) is 4.79. The molecule has 0 aliphatic carbocycles. The van der Waals surface area contributed by atoms with Gasteiger partial charge in [-0.2, -0.15) is 0 Å². The lowest BCUT2D eigenvalue weighted by Crippen LogP contribution is -2.40. The fourth-order valence-corrected chi connectivity index (χ4v) is 1.24. The SMILES string of the molecule is CCN(Cc1ccccn1)C(=O)NOCC(=O)O. The summed E-state index contributed by atoms with van der Waals surface area (Å²) in [7, 11) is 0. The number of nitrogens with one attached hydrogen (secondary N) is 1. The number of pyridine rings is 1. The fourth-order valence-electron chi connectivity index (χ4n) is 1.24. The number of aromatic nitrogens is 1. The zero-order chi connectivity index (χ0) is 13.4. The number of amides is 2. The zero-order valence-electron chi connectivity index (χ0n) is 10.00. The minimum absolute atomic E-state index is 0.333. The van der Waals surface area contributed by atoms with Crippen LogP contribution in [-0.4, -0.2) is 40.1 Å². The van der Waals surface area contributed by atoms with Gasteiger partial charge in [-0.3, -0.25) is 9.82 Å². The first-order valence-electron chi connectivity index (χ1n) is 5.42. The van der Waals surface area contributed by atoms with E-state index >= 15 is 0 Å². The highest BCUT2D eigenvalue weighted by atomic mass is 16.7. The first-order valence-corrected chi connectivity index (χ1v) is 5.42. The molecule has 0 atom stereocenters. The molecule has 0 saturated heterocycles. The molecule has 7 nitrogen and oxygen atoms in total. The van der Waals surface area contributed by atoms with Gasteiger partial charge in [-0.05, 0) is 19.1 Å². The van der Waals surface area contributed by atoms with Crippen LogP contribution < -0.4 is 5.48 Å². The highest BCUT2D eigenvalue weighted by Gasteiger charge is 2.12. The van der Waals surface area contributed by atoms with E-state index in [1.807, 2.05) is 6.07 Å². The van der Waals surface area contributed by atoms with Crippen molar-refractivity contribution < 1.29 is 19.5 Å². The topological polar surface area (TPSA) is 91.8 Å². The Kier molecular flexibility index (Phi) is 5.59. The molecule has 1 aromatic heterocycles. The lowest BCUT2D eigenvalue weighted by molar-refractivity contribution is -0.144. The van der Waals surface area contributed by atoms with Crippen molar-refractivity contribution in [3.05, 3.63) is 30.1 Å². The predicted molar refractivity (Wildman–Crippen MR) is 62.4 cm³/mol. The van der Waals surface area contributed by atoms with Gasteiger partial charge in [0.05, 0.1) is 12.2 Å². The van der Waals surface area contributed by atoms with Crippen LogP contribution in [0.2, 0.25) is 0 Å². The third-order valence-corrected chi connectivity index (χ3v) is 2.10. The molecule has 0 aliphatic heterocycles. The number of hydrogen-bond donors (Lipinski definition) is 2. The van der Waals surface area contributed by atoms with Gasteiger partial charge in [-0.1, -0.05) is 6.07 Å². The number of carbonyl (C=O) groups excluding carboxylic acids is 1. The molecule has 0 bridgehead atoms. The Balaban J connectivity index is 2.45. The summed E-state index contributed by atoms with van der Waals surface area (Å²) in [4.78, 5) is 31.9. The number of hydroxylamine groups is 1. The highest BCUT2D eigenvalue weighted by molar-refractivity contribution is 5.73. The number of hydrogen-bond acceptors (Lipinski definition) is 4. The molecule has 2 amide bonds. The second-order valence-corrected chi connectivity index (χ2v) is 3.42. The summed E-state index contributed by atoms with van der Waals surface area (Å²) in [6.45, 7) is 2.02. The van der Waals surface area contributed by atoms with Gasteiger partial charge in [0.1, 0.15) is 0 Å². The van der Waals surface area contributed by atoms with Gasteiger partial charge >= 0.3 is 12.0 Å². The van der Waals surface area contributed by atoms with E-state index in [4.69, 9.17) is 5.11 Å². The van der Waals surface area contributed by atoms with Crippen LogP contribution in [0.25, 0.3) is 0 Å². The summed E-state index contributed by atoms with van der Waals surface area (Å²) >= 11 is 0. The van der Waals surface area contributed by atoms with Crippen molar-refractivity contribution >= 4 is 12.0 Å². The smallest absolute Gasteiger partial charge is 0.341 e. The monoisotopic (exact) mass is 253 g/mol. The van der Waals surface area contributed by atoms with Crippen molar-refractivity contribution in [2.24, 2.45) is 0 Å². The molecule has 0 aromatic carbocycles. The molecule has 98 valence electrons. The van der Waals surface area contributed by atoms with E-state index in [0.717, 1.165) is 5.69 Å². The second-order valence-electron chi connectivity index (χ2n) is 3.42. The average Bonchev–Trinajstić information content (AvgIpc) is 2.36. The van der Waals surface area contributed by atoms with Gasteiger partial charge in [0, 0.05) is 12.7 Å². The van der Waals surface area contributed by atoms with Crippen molar-refractivity contribution in [2.75, 3.05) is 13.2 Å². The number of carboxylic acid groups (broad SMARTS) is 1. The molecule has 1 rings (SSSR count). The molecular weight excluding hydrogens is 238 g/mol. The Bertz CT molecular complexity index is 397. The molecule has 0 aliphatic rings. The summed E-state index contributed by atoms with van der Waals surface area (Å²) in [5.41, 5.74) is 2.81. The summed E-state index contributed by atoms with van der Waals surface area (Å²) in [6.07, 6.45) is 1.64. The lowest BCUT2D eigenvalue weighted by atomic mass is 10.3. The fraction of sp³-hybridized carbons (Fsp3) is 0.364. The van der Waals surface area contributed by atoms with Crippen LogP contribution in [0.1, 0.15) is 12.6 Å². The molecule has 0 radical (unpaired) electrons. The number of carbonyl (C=O) groups is 2. The van der Waals surface area contributed by atoms with Crippen LogP contribution in [0.3, 0.4) is 0 Å². The summed E-state index contributed by atoms with van der Waals surface area (Å²) in [5, 5.41) is 8.36. The maximum atomic E-state index is 11.6. The largest absolute Gasteiger partial charge is 0.479 e. The summed E-state index contributed by atoms with van der Waals surface area (Å²) < 4.78 is 0. The van der Waals surface area contributed by atoms with Gasteiger partial charge < -0.3 is 10.0 Å². The van der Waals surface area contributed by atoms with E-state index in [9.17, 15) is 9.59 Å². The average molecular weight is 253 g/mol. The van der Waals surface area contributed by atoms with Crippen molar-refractivity contribution in [1.29, 1.82) is 0 Å². The minimum atomic E-state index is -1.15. The Morgan fingerprint density at radius 3 is 2.83 bits per heavy atom. The van der Waals surface area contributed by atoms with E-state index < -0.39 is 18.6 Å². The van der Waals surface area contributed by atoms with E-state index in [2.05, 4.69) is 15.3 Å². The number of nitrogens with zero attached hydrogens (tertiary/aromatic N) is 2. The quantitative estimate of drug-likeness (QED) is 0.725. The van der Waals surface area contributed by atoms with Crippen LogP contribution >= 0.6 is 0 Å². The number of rotatable bonds is 6. The van der Waals surface area contributed by atoms with Crippen molar-refractivity contribution in [2.45, 2.75) is 13.5 Å². The number of carboxylic acids is 1. The van der Waals surface area contributed by atoms with Crippen molar-refractivity contribution in [3.63, 3.8) is 0 Å². The Hall–Kier alpha value is -2.15. The van der Waals surface area contributed by atoms with Crippen LogP contribution in [0.15, 0.2) is 24.4 Å². The number of aliphatic carboxylic acids is 1. The first kappa shape index (κ1) is 13.9. The van der Waals surface area contributed by atoms with E-state index in [1.165, 1.54) is 4.90 Å². The Morgan fingerprint density at radius 2 is 2.28 bits per heavy atom. The van der Waals surface area contributed by atoms with Crippen LogP contribution in [0.4, 0.5) is 4.79 Å². The van der Waals surface area contributed by atoms with Crippen LogP contribution in [0.5, 0.6) is 0 Å². The van der Waals surface area contributed by atoms with Crippen molar-refractivity contribution in [3.8, 4) is 0 Å². The highest BCUT2D eigenvalue weighted by Crippen LogP contribution is 2.01. The molecule has 0 spiro atoms. The van der Waals surface area contributed by atoms with Crippen molar-refractivity contribution in [1.82, 2.24) is 15.4 Å². The Morgan fingerprint density at radius 1 is 1.50 bits per heavy atom. The minimum Gasteiger partial charge on any atom is -0.479 e. The molecular formula is C11H15N3O4. The molecule has 2 N–H and O–H groups in total. The molecule has 0 unspecified atom stereocenters. The maximum absolute atomic E-state index is 11.6. The summed E-state index contributed by atoms with van der Waals surface area (Å²) in [5.74, 6) is -1.15. The Labute approximate surface area is 104 Å². The van der Waals surface area contributed by atoms with Gasteiger partial charge in [0.15, 0.2) is 6.61 Å². The van der Waals surface area contributed by atoms with Gasteiger partial charge in [0.2, 0.25) is 0 Å². The van der Waals surface area contributed by atoms with E-state index in [1.54, 1.807) is 25.3 Å². The molecule has 1 heterocycles. The predicted octanol–water partition coefficient (Wildman–Crippen LogP) is 0.629. The molecule has 7 heteroatoms. The van der Waals surface area contributed by atoms with Crippen LogP contribution in [-0.2, 0) is 16.2 Å². The molecule has 1 aromatic rings. The molecule has 0 fully saturated rings. The second kappa shape index (κ2) is 7.23. The van der Waals surface area contributed by atoms with E-state index in [-0.39, 0.29) is 0 Å². The lowest BCUT2D eigenvalue weighted by Gasteiger charge is -2.20. The van der Waals surface area contributed by atoms with E-state index in [0.29, 0.717) is 13.1 Å². The standard InChI is InChI=1S/C11H15N3O4/c1-2-14(7-9-5-3-4-6-12-9)11(17)13-18-8-10(15)16/h3-6H,2,7-8H2,1H3,(H,13,17)(H,15,16). The van der Waals surface area contributed by atoms with Gasteiger partial charge in [-0.15, -0.1) is 0 Å². The molecule has 0 saturated carbocycles. The zero-order valence-corrected chi connectivity index (χ0v) is 10.00. The van der Waals surface area contributed by atoms with Gasteiger partial charge in [0.25, 0.3) is 0 Å². The first-order chi connectivity index (χ1) is 8.63. The normalized spacial score (nSPS) is 9.83. The van der Waals surface area contributed by atoms with Crippen LogP contribution in [0, 0.1) is 0 Å². The maximum Gasteiger partial charge on any atom is 0.341 e. The number of urea groups is 1. The van der Waals surface area contributed by atoms with Gasteiger partial charge in [-0.25, -0.2) is 15.1 Å².